The summed E-state index contributed by atoms with van der Waals surface area (Å²) in [6, 6.07) is 23.0. The molecule has 2 bridgehead atoms. The third-order valence-electron chi connectivity index (χ3n) is 7.68. The molecule has 3 aromatic carbocycles. The summed E-state index contributed by atoms with van der Waals surface area (Å²) in [7, 11) is 0. The Hall–Kier alpha value is -3.73. The second kappa shape index (κ2) is 6.88. The van der Waals surface area contributed by atoms with Crippen molar-refractivity contribution in [3.63, 3.8) is 0 Å². The molecule has 33 heavy (non-hydrogen) atoms. The van der Waals surface area contributed by atoms with Crippen molar-refractivity contribution >= 4 is 23.5 Å². The molecule has 3 aromatic rings. The minimum atomic E-state index is -0.632. The summed E-state index contributed by atoms with van der Waals surface area (Å²) in [6.07, 6.45) is 0. The van der Waals surface area contributed by atoms with Gasteiger partial charge in [0.2, 0.25) is 11.8 Å². The Bertz CT molecular complexity index is 1300. The number of benzene rings is 3. The van der Waals surface area contributed by atoms with Crippen LogP contribution in [0.1, 0.15) is 52.4 Å². The number of nitrogens with zero attached hydrogens (tertiary/aromatic N) is 1. The number of para-hydroxylation sites is 1. The summed E-state index contributed by atoms with van der Waals surface area (Å²) >= 11 is 0. The molecule has 4 aliphatic rings. The Labute approximate surface area is 192 Å². The fourth-order valence-electron chi connectivity index (χ4n) is 6.44. The van der Waals surface area contributed by atoms with E-state index < -0.39 is 23.2 Å². The highest BCUT2D eigenvalue weighted by Crippen LogP contribution is 2.64. The van der Waals surface area contributed by atoms with Crippen molar-refractivity contribution in [3.05, 3.63) is 101 Å². The van der Waals surface area contributed by atoms with E-state index in [2.05, 4.69) is 31.2 Å². The number of anilines is 1. The average Bonchev–Trinajstić information content (AvgIpc) is 3.11. The first kappa shape index (κ1) is 19.9. The minimum Gasteiger partial charge on any atom is -0.462 e. The summed E-state index contributed by atoms with van der Waals surface area (Å²) in [5, 5.41) is 0. The number of carbonyl (C=O) groups is 3. The number of hydrogen-bond donors (Lipinski definition) is 0. The molecule has 5 heteroatoms. The molecule has 1 aliphatic heterocycles. The molecule has 0 saturated carbocycles. The first-order chi connectivity index (χ1) is 16.0. The Morgan fingerprint density at radius 3 is 2.09 bits per heavy atom. The van der Waals surface area contributed by atoms with Crippen molar-refractivity contribution in [3.8, 4) is 0 Å². The number of imide groups is 1. The maximum atomic E-state index is 14.1. The maximum Gasteiger partial charge on any atom is 0.340 e. The molecule has 0 aromatic heterocycles. The molecule has 2 amide bonds. The Morgan fingerprint density at radius 1 is 0.879 bits per heavy atom. The van der Waals surface area contributed by atoms with Crippen LogP contribution in [0.5, 0.6) is 0 Å². The van der Waals surface area contributed by atoms with Crippen LogP contribution in [-0.2, 0) is 19.7 Å². The van der Waals surface area contributed by atoms with Gasteiger partial charge in [-0.05, 0) is 41.3 Å². The zero-order chi connectivity index (χ0) is 22.9. The Balaban J connectivity index is 1.56. The van der Waals surface area contributed by atoms with Gasteiger partial charge >= 0.3 is 5.97 Å². The molecule has 0 radical (unpaired) electrons. The maximum absolute atomic E-state index is 14.1. The lowest BCUT2D eigenvalue weighted by atomic mass is 9.48. The molecule has 1 heterocycles. The topological polar surface area (TPSA) is 63.7 Å². The van der Waals surface area contributed by atoms with Gasteiger partial charge in [0.15, 0.2) is 0 Å². The van der Waals surface area contributed by atoms with E-state index in [0.29, 0.717) is 5.69 Å². The lowest BCUT2D eigenvalue weighted by Crippen LogP contribution is -2.51. The summed E-state index contributed by atoms with van der Waals surface area (Å²) < 4.78 is 5.20. The third-order valence-corrected chi connectivity index (χ3v) is 7.68. The molecular weight excluding hydrogens is 414 g/mol. The van der Waals surface area contributed by atoms with E-state index in [0.717, 1.165) is 22.3 Å². The second-order valence-corrected chi connectivity index (χ2v) is 9.11. The van der Waals surface area contributed by atoms with Gasteiger partial charge in [-0.1, -0.05) is 67.6 Å². The lowest BCUT2D eigenvalue weighted by Gasteiger charge is -2.52. The van der Waals surface area contributed by atoms with E-state index in [9.17, 15) is 14.4 Å². The summed E-state index contributed by atoms with van der Waals surface area (Å²) in [6.45, 7) is 4.03. The quantitative estimate of drug-likeness (QED) is 0.449. The predicted molar refractivity (Wildman–Crippen MR) is 123 cm³/mol. The molecule has 0 N–H and O–H groups in total. The van der Waals surface area contributed by atoms with Crippen molar-refractivity contribution < 1.29 is 19.1 Å². The number of esters is 1. The highest BCUT2D eigenvalue weighted by atomic mass is 16.5. The average molecular weight is 437 g/mol. The zero-order valence-corrected chi connectivity index (χ0v) is 18.4. The van der Waals surface area contributed by atoms with E-state index in [-0.39, 0.29) is 29.9 Å². The summed E-state index contributed by atoms with van der Waals surface area (Å²) in [5.74, 6) is -2.28. The number of hydrogen-bond acceptors (Lipinski definition) is 4. The fraction of sp³-hybridized carbons (Fsp3) is 0.250. The molecule has 1 fully saturated rings. The molecular formula is C28H23NO4. The third kappa shape index (κ3) is 2.39. The van der Waals surface area contributed by atoms with Crippen LogP contribution in [0, 0.1) is 11.8 Å². The van der Waals surface area contributed by atoms with Crippen molar-refractivity contribution in [1.82, 2.24) is 0 Å². The summed E-state index contributed by atoms with van der Waals surface area (Å²) in [5.41, 5.74) is 4.34. The predicted octanol–water partition coefficient (Wildman–Crippen LogP) is 4.43. The summed E-state index contributed by atoms with van der Waals surface area (Å²) in [4.78, 5) is 41.9. The van der Waals surface area contributed by atoms with E-state index in [4.69, 9.17) is 4.74 Å². The van der Waals surface area contributed by atoms with Gasteiger partial charge in [-0.3, -0.25) is 9.59 Å². The fourth-order valence-corrected chi connectivity index (χ4v) is 6.44. The Morgan fingerprint density at radius 2 is 1.45 bits per heavy atom. The molecule has 164 valence electrons. The van der Waals surface area contributed by atoms with E-state index in [1.807, 2.05) is 24.3 Å². The normalized spacial score (nSPS) is 26.6. The van der Waals surface area contributed by atoms with Gasteiger partial charge in [-0.15, -0.1) is 0 Å². The highest BCUT2D eigenvalue weighted by Gasteiger charge is 2.66. The van der Waals surface area contributed by atoms with Crippen molar-refractivity contribution in [2.75, 3.05) is 11.5 Å². The molecule has 0 spiro atoms. The van der Waals surface area contributed by atoms with Gasteiger partial charge in [0.1, 0.15) is 0 Å². The first-order valence-electron chi connectivity index (χ1n) is 11.3. The minimum absolute atomic E-state index is 0.194. The highest BCUT2D eigenvalue weighted by molar-refractivity contribution is 6.25. The monoisotopic (exact) mass is 437 g/mol. The first-order valence-corrected chi connectivity index (χ1v) is 11.3. The number of amides is 2. The number of ether oxygens (including phenoxy) is 1. The van der Waals surface area contributed by atoms with Gasteiger partial charge in [-0.2, -0.15) is 0 Å². The van der Waals surface area contributed by atoms with Gasteiger partial charge in [-0.25, -0.2) is 9.69 Å². The van der Waals surface area contributed by atoms with Gasteiger partial charge in [0.25, 0.3) is 0 Å². The van der Waals surface area contributed by atoms with Crippen LogP contribution in [0.3, 0.4) is 0 Å². The van der Waals surface area contributed by atoms with E-state index in [1.165, 1.54) is 4.90 Å². The van der Waals surface area contributed by atoms with Crippen LogP contribution >= 0.6 is 0 Å². The lowest BCUT2D eigenvalue weighted by molar-refractivity contribution is -0.123. The molecule has 0 unspecified atom stereocenters. The zero-order valence-electron chi connectivity index (χ0n) is 18.4. The van der Waals surface area contributed by atoms with E-state index in [1.54, 1.807) is 31.2 Å². The molecule has 3 aliphatic carbocycles. The largest absolute Gasteiger partial charge is 0.462 e. The van der Waals surface area contributed by atoms with Crippen molar-refractivity contribution in [2.24, 2.45) is 11.8 Å². The van der Waals surface area contributed by atoms with Crippen LogP contribution in [-0.4, -0.2) is 24.4 Å². The van der Waals surface area contributed by atoms with Crippen LogP contribution in [0.25, 0.3) is 0 Å². The van der Waals surface area contributed by atoms with Gasteiger partial charge < -0.3 is 4.74 Å². The van der Waals surface area contributed by atoms with Crippen LogP contribution in [0.2, 0.25) is 0 Å². The Kier molecular flexibility index (Phi) is 4.15. The molecule has 1 saturated heterocycles. The molecule has 2 atom stereocenters. The smallest absolute Gasteiger partial charge is 0.340 e. The molecule has 7 rings (SSSR count). The number of carbonyl (C=O) groups excluding carboxylic acids is 3. The molecule has 5 nitrogen and oxygen atoms in total. The second-order valence-electron chi connectivity index (χ2n) is 9.11. The van der Waals surface area contributed by atoms with Crippen molar-refractivity contribution in [1.29, 1.82) is 0 Å². The van der Waals surface area contributed by atoms with Gasteiger partial charge in [0.05, 0.1) is 29.7 Å². The van der Waals surface area contributed by atoms with Crippen LogP contribution in [0.15, 0.2) is 72.8 Å². The van der Waals surface area contributed by atoms with Crippen LogP contribution in [0.4, 0.5) is 5.69 Å². The van der Waals surface area contributed by atoms with Gasteiger partial charge in [0, 0.05) is 11.3 Å². The van der Waals surface area contributed by atoms with E-state index >= 15 is 0 Å². The SMILES string of the molecule is CCOC(=O)c1ccccc1N1C(=O)[C@@H]2C3c4ccccc4C(C)(c4ccccc43)[C@H]2C1=O. The standard InChI is InChI=1S/C28H23NO4/c1-3-33-27(32)18-12-6-9-15-21(18)29-25(30)23-22-16-10-4-7-13-19(16)28(2,24(23)26(29)31)20-14-8-5-11-17(20)22/h4-15,22-24H,3H2,1-2H3/t22?,23-,24-,28?/m1/s1. The number of rotatable bonds is 3. The van der Waals surface area contributed by atoms with Crippen molar-refractivity contribution in [2.45, 2.75) is 25.2 Å². The van der Waals surface area contributed by atoms with Crippen LogP contribution < -0.4 is 4.90 Å².